The van der Waals surface area contributed by atoms with Crippen LogP contribution in [0.15, 0.2) is 53.4 Å². The predicted octanol–water partition coefficient (Wildman–Crippen LogP) is 3.47. The normalized spacial score (nSPS) is 20.3. The summed E-state index contributed by atoms with van der Waals surface area (Å²) in [5.74, 6) is 0.865. The minimum atomic E-state index is -3.67. The van der Waals surface area contributed by atoms with Crippen molar-refractivity contribution in [2.45, 2.75) is 36.6 Å². The Bertz CT molecular complexity index is 1050. The summed E-state index contributed by atoms with van der Waals surface area (Å²) in [6, 6.07) is 14.9. The largest absolute Gasteiger partial charge is 0.493 e. The van der Waals surface area contributed by atoms with Gasteiger partial charge in [0.1, 0.15) is 0 Å². The SMILES string of the molecule is COc1ccc(S(=O)(=O)N2CCC(C(=O)N3CCC[C@H]3c3ccccc3)CC2)cc1OC. The molecule has 0 aromatic heterocycles. The second-order valence-electron chi connectivity index (χ2n) is 8.30. The highest BCUT2D eigenvalue weighted by Crippen LogP contribution is 2.36. The number of carbonyl (C=O) groups excluding carboxylic acids is 1. The van der Waals surface area contributed by atoms with Crippen LogP contribution in [-0.4, -0.2) is 57.4 Å². The van der Waals surface area contributed by atoms with Gasteiger partial charge in [0, 0.05) is 31.6 Å². The molecule has 2 aliphatic heterocycles. The number of nitrogens with zero attached hydrogens (tertiary/aromatic N) is 2. The van der Waals surface area contributed by atoms with Gasteiger partial charge in [0.25, 0.3) is 0 Å². The monoisotopic (exact) mass is 458 g/mol. The van der Waals surface area contributed by atoms with E-state index in [0.717, 1.165) is 19.4 Å². The summed E-state index contributed by atoms with van der Waals surface area (Å²) in [5.41, 5.74) is 1.17. The third kappa shape index (κ3) is 4.34. The highest BCUT2D eigenvalue weighted by molar-refractivity contribution is 7.89. The van der Waals surface area contributed by atoms with Crippen LogP contribution in [0.2, 0.25) is 0 Å². The zero-order valence-corrected chi connectivity index (χ0v) is 19.4. The number of likely N-dealkylation sites (tertiary alicyclic amines) is 1. The molecule has 2 fully saturated rings. The minimum Gasteiger partial charge on any atom is -0.493 e. The van der Waals surface area contributed by atoms with Crippen molar-refractivity contribution < 1.29 is 22.7 Å². The van der Waals surface area contributed by atoms with E-state index >= 15 is 0 Å². The lowest BCUT2D eigenvalue weighted by molar-refractivity contribution is -0.137. The van der Waals surface area contributed by atoms with E-state index in [9.17, 15) is 13.2 Å². The lowest BCUT2D eigenvalue weighted by atomic mass is 9.95. The van der Waals surface area contributed by atoms with Crippen LogP contribution in [0.25, 0.3) is 0 Å². The lowest BCUT2D eigenvalue weighted by Gasteiger charge is -2.34. The van der Waals surface area contributed by atoms with Crippen molar-refractivity contribution in [1.29, 1.82) is 0 Å². The number of carbonyl (C=O) groups is 1. The number of hydrogen-bond donors (Lipinski definition) is 0. The average Bonchev–Trinajstić information content (AvgIpc) is 3.33. The van der Waals surface area contributed by atoms with Crippen molar-refractivity contribution in [2.24, 2.45) is 5.92 Å². The van der Waals surface area contributed by atoms with E-state index in [-0.39, 0.29) is 22.8 Å². The van der Waals surface area contributed by atoms with Gasteiger partial charge in [-0.1, -0.05) is 30.3 Å². The Balaban J connectivity index is 1.43. The fourth-order valence-corrected chi connectivity index (χ4v) is 6.24. The Morgan fingerprint density at radius 2 is 1.59 bits per heavy atom. The summed E-state index contributed by atoms with van der Waals surface area (Å²) in [7, 11) is -0.680. The predicted molar refractivity (Wildman–Crippen MR) is 121 cm³/mol. The first-order valence-corrected chi connectivity index (χ1v) is 12.5. The molecule has 0 unspecified atom stereocenters. The standard InChI is InChI=1S/C24H30N2O5S/c1-30-22-11-10-20(17-23(22)31-2)32(28,29)25-15-12-19(13-16-25)24(27)26-14-6-9-21(26)18-7-4-3-5-8-18/h3-5,7-8,10-11,17,19,21H,6,9,12-16H2,1-2H3/t21-/m0/s1. The van der Waals surface area contributed by atoms with Crippen molar-refractivity contribution in [2.75, 3.05) is 33.9 Å². The molecule has 0 N–H and O–H groups in total. The molecule has 2 heterocycles. The minimum absolute atomic E-state index is 0.122. The van der Waals surface area contributed by atoms with E-state index in [1.807, 2.05) is 23.1 Å². The van der Waals surface area contributed by atoms with Gasteiger partial charge in [0.2, 0.25) is 15.9 Å². The van der Waals surface area contributed by atoms with Gasteiger partial charge in [0.15, 0.2) is 11.5 Å². The van der Waals surface area contributed by atoms with Gasteiger partial charge in [-0.05, 0) is 43.4 Å². The maximum atomic E-state index is 13.3. The number of ether oxygens (including phenoxy) is 2. The number of rotatable bonds is 6. The van der Waals surface area contributed by atoms with Crippen LogP contribution in [0.1, 0.15) is 37.3 Å². The van der Waals surface area contributed by atoms with E-state index in [4.69, 9.17) is 9.47 Å². The zero-order chi connectivity index (χ0) is 22.7. The molecule has 2 aliphatic rings. The van der Waals surface area contributed by atoms with E-state index in [2.05, 4.69) is 12.1 Å². The maximum absolute atomic E-state index is 13.3. The molecule has 0 saturated carbocycles. The van der Waals surface area contributed by atoms with Crippen molar-refractivity contribution in [3.8, 4) is 11.5 Å². The van der Waals surface area contributed by atoms with Crippen LogP contribution in [-0.2, 0) is 14.8 Å². The number of methoxy groups -OCH3 is 2. The molecule has 7 nitrogen and oxygen atoms in total. The molecule has 1 atom stereocenters. The van der Waals surface area contributed by atoms with Gasteiger partial charge >= 0.3 is 0 Å². The smallest absolute Gasteiger partial charge is 0.243 e. The van der Waals surface area contributed by atoms with Crippen LogP contribution in [0.5, 0.6) is 11.5 Å². The second kappa shape index (κ2) is 9.50. The second-order valence-corrected chi connectivity index (χ2v) is 10.2. The van der Waals surface area contributed by atoms with Gasteiger partial charge in [0.05, 0.1) is 25.2 Å². The van der Waals surface area contributed by atoms with E-state index in [0.29, 0.717) is 37.4 Å². The molecule has 8 heteroatoms. The highest BCUT2D eigenvalue weighted by Gasteiger charge is 2.37. The molecule has 172 valence electrons. The maximum Gasteiger partial charge on any atom is 0.243 e. The van der Waals surface area contributed by atoms with Crippen LogP contribution < -0.4 is 9.47 Å². The third-order valence-electron chi connectivity index (χ3n) is 6.52. The van der Waals surface area contributed by atoms with Gasteiger partial charge in [-0.2, -0.15) is 4.31 Å². The van der Waals surface area contributed by atoms with E-state index in [1.54, 1.807) is 6.07 Å². The van der Waals surface area contributed by atoms with Gasteiger partial charge in [-0.3, -0.25) is 4.79 Å². The van der Waals surface area contributed by atoms with Crippen molar-refractivity contribution in [3.05, 3.63) is 54.1 Å². The number of benzene rings is 2. The van der Waals surface area contributed by atoms with E-state index in [1.165, 1.54) is 36.2 Å². The Morgan fingerprint density at radius 1 is 0.906 bits per heavy atom. The van der Waals surface area contributed by atoms with E-state index < -0.39 is 10.0 Å². The quantitative estimate of drug-likeness (QED) is 0.663. The highest BCUT2D eigenvalue weighted by atomic mass is 32.2. The Hall–Kier alpha value is -2.58. The molecule has 0 aliphatic carbocycles. The fourth-order valence-electron chi connectivity index (χ4n) is 4.76. The van der Waals surface area contributed by atoms with Crippen molar-refractivity contribution in [3.63, 3.8) is 0 Å². The Labute approximate surface area is 190 Å². The average molecular weight is 459 g/mol. The number of hydrogen-bond acceptors (Lipinski definition) is 5. The van der Waals surface area contributed by atoms with Crippen LogP contribution in [0.3, 0.4) is 0 Å². The summed E-state index contributed by atoms with van der Waals surface area (Å²) in [4.78, 5) is 15.5. The summed E-state index contributed by atoms with van der Waals surface area (Å²) in [5, 5.41) is 0. The first-order valence-electron chi connectivity index (χ1n) is 11.0. The molecule has 1 amide bonds. The summed E-state index contributed by atoms with van der Waals surface area (Å²) in [6.45, 7) is 1.43. The number of amides is 1. The summed E-state index contributed by atoms with van der Waals surface area (Å²) < 4.78 is 38.2. The molecule has 32 heavy (non-hydrogen) atoms. The van der Waals surface area contributed by atoms with Crippen molar-refractivity contribution >= 4 is 15.9 Å². The Morgan fingerprint density at radius 3 is 2.25 bits per heavy atom. The first kappa shape index (κ1) is 22.6. The van der Waals surface area contributed by atoms with Crippen LogP contribution in [0, 0.1) is 5.92 Å². The molecule has 2 aromatic carbocycles. The molecule has 0 radical (unpaired) electrons. The van der Waals surface area contributed by atoms with Crippen molar-refractivity contribution in [1.82, 2.24) is 9.21 Å². The third-order valence-corrected chi connectivity index (χ3v) is 8.41. The topological polar surface area (TPSA) is 76.2 Å². The molecular formula is C24H30N2O5S. The number of sulfonamides is 1. The molecule has 0 bridgehead atoms. The van der Waals surface area contributed by atoms with Gasteiger partial charge in [-0.25, -0.2) is 8.42 Å². The van der Waals surface area contributed by atoms with Gasteiger partial charge < -0.3 is 14.4 Å². The Kier molecular flexibility index (Phi) is 6.71. The fraction of sp³-hybridized carbons (Fsp3) is 0.458. The van der Waals surface area contributed by atoms with Crippen LogP contribution in [0.4, 0.5) is 0 Å². The molecule has 2 aromatic rings. The summed E-state index contributed by atoms with van der Waals surface area (Å²) >= 11 is 0. The van der Waals surface area contributed by atoms with Gasteiger partial charge in [-0.15, -0.1) is 0 Å². The van der Waals surface area contributed by atoms with Crippen LogP contribution >= 0.6 is 0 Å². The molecule has 2 saturated heterocycles. The summed E-state index contributed by atoms with van der Waals surface area (Å²) in [6.07, 6.45) is 3.03. The lowest BCUT2D eigenvalue weighted by Crippen LogP contribution is -2.44. The zero-order valence-electron chi connectivity index (χ0n) is 18.6. The molecular weight excluding hydrogens is 428 g/mol. The molecule has 4 rings (SSSR count). The number of piperidine rings is 1. The first-order chi connectivity index (χ1) is 15.5. The molecule has 0 spiro atoms.